The van der Waals surface area contributed by atoms with Gasteiger partial charge in [-0.1, -0.05) is 22.8 Å². The van der Waals surface area contributed by atoms with Crippen molar-refractivity contribution in [2.45, 2.75) is 31.6 Å². The molecule has 11 heteroatoms. The number of hydrogen-bond acceptors (Lipinski definition) is 5. The Balaban J connectivity index is 1.47. The van der Waals surface area contributed by atoms with Crippen molar-refractivity contribution in [1.82, 2.24) is 9.46 Å². The molecule has 1 N–H and O–H groups in total. The monoisotopic (exact) mass is 535 g/mol. The smallest absolute Gasteiger partial charge is 0.248 e. The van der Waals surface area contributed by atoms with E-state index in [0.29, 0.717) is 23.6 Å². The van der Waals surface area contributed by atoms with Crippen LogP contribution in [-0.2, 0) is 14.8 Å². The van der Waals surface area contributed by atoms with Gasteiger partial charge in [-0.05, 0) is 68.7 Å². The van der Waals surface area contributed by atoms with Gasteiger partial charge in [-0.25, -0.2) is 17.2 Å². The molecule has 0 unspecified atom stereocenters. The predicted octanol–water partition coefficient (Wildman–Crippen LogP) is 5.43. The van der Waals surface area contributed by atoms with Crippen LogP contribution >= 0.6 is 11.6 Å². The molecule has 7 nitrogen and oxygen atoms in total. The van der Waals surface area contributed by atoms with E-state index in [0.717, 1.165) is 17.7 Å². The molecule has 0 saturated carbocycles. The molecule has 0 bridgehead atoms. The van der Waals surface area contributed by atoms with Gasteiger partial charge in [0.15, 0.2) is 10.7 Å². The number of rotatable bonds is 6. The molecule has 4 rings (SSSR count). The highest BCUT2D eigenvalue weighted by atomic mass is 35.5. The van der Waals surface area contributed by atoms with Gasteiger partial charge in [-0.15, -0.1) is 0 Å². The number of anilines is 1. The summed E-state index contributed by atoms with van der Waals surface area (Å²) >= 11 is 6.03. The van der Waals surface area contributed by atoms with Crippen molar-refractivity contribution in [1.29, 1.82) is 0 Å². The minimum atomic E-state index is -4.00. The van der Waals surface area contributed by atoms with Crippen LogP contribution in [0.3, 0.4) is 0 Å². The van der Waals surface area contributed by atoms with Crippen molar-refractivity contribution >= 4 is 45.4 Å². The van der Waals surface area contributed by atoms with Crippen LogP contribution in [0.1, 0.15) is 35.4 Å². The number of piperidine rings is 1. The van der Waals surface area contributed by atoms with E-state index in [-0.39, 0.29) is 46.8 Å². The largest absolute Gasteiger partial charge is 0.355 e. The zero-order chi connectivity index (χ0) is 26.0. The first kappa shape index (κ1) is 26.0. The van der Waals surface area contributed by atoms with Crippen LogP contribution in [0, 0.1) is 31.4 Å². The molecule has 1 saturated heterocycles. The Bertz CT molecular complexity index is 1430. The summed E-state index contributed by atoms with van der Waals surface area (Å²) < 4.78 is 60.4. The lowest BCUT2D eigenvalue weighted by atomic mass is 9.97. The number of nitrogens with one attached hydrogen (secondary N) is 1. The predicted molar refractivity (Wildman–Crippen MR) is 133 cm³/mol. The Kier molecular flexibility index (Phi) is 7.58. The van der Waals surface area contributed by atoms with Gasteiger partial charge in [0, 0.05) is 41.3 Å². The summed E-state index contributed by atoms with van der Waals surface area (Å²) in [5, 5.41) is 7.16. The average Bonchev–Trinajstić information content (AvgIpc) is 3.22. The average molecular weight is 536 g/mol. The molecule has 1 aromatic heterocycles. The lowest BCUT2D eigenvalue weighted by Gasteiger charge is -2.30. The third kappa shape index (κ3) is 5.50. The zero-order valence-electron chi connectivity index (χ0n) is 19.6. The molecule has 36 heavy (non-hydrogen) atoms. The zero-order valence-corrected chi connectivity index (χ0v) is 21.2. The first-order valence-corrected chi connectivity index (χ1v) is 13.0. The van der Waals surface area contributed by atoms with Crippen LogP contribution in [0.5, 0.6) is 0 Å². The minimum absolute atomic E-state index is 0.0625. The molecule has 2 aromatic carbocycles. The van der Waals surface area contributed by atoms with Crippen molar-refractivity contribution in [3.8, 4) is 0 Å². The number of aromatic nitrogens is 1. The van der Waals surface area contributed by atoms with Crippen molar-refractivity contribution < 1.29 is 26.5 Å². The summed E-state index contributed by atoms with van der Waals surface area (Å²) in [5.41, 5.74) is 1.72. The van der Waals surface area contributed by atoms with E-state index in [9.17, 15) is 22.0 Å². The fraction of sp³-hybridized carbons (Fsp3) is 0.280. The van der Waals surface area contributed by atoms with E-state index in [2.05, 4.69) is 10.5 Å². The first-order valence-electron chi connectivity index (χ1n) is 11.2. The van der Waals surface area contributed by atoms with E-state index in [4.69, 9.17) is 16.1 Å². The summed E-state index contributed by atoms with van der Waals surface area (Å²) in [6.07, 6.45) is 3.25. The van der Waals surface area contributed by atoms with E-state index in [1.165, 1.54) is 29.4 Å². The summed E-state index contributed by atoms with van der Waals surface area (Å²) in [6.45, 7) is 3.63. The van der Waals surface area contributed by atoms with Gasteiger partial charge in [-0.3, -0.25) is 4.79 Å². The lowest BCUT2D eigenvalue weighted by molar-refractivity contribution is -0.120. The number of hydrogen-bond donors (Lipinski definition) is 1. The number of carbonyl (C=O) groups excluding carboxylic acids is 1. The molecule has 1 fully saturated rings. The number of halogens is 3. The van der Waals surface area contributed by atoms with Crippen LogP contribution in [0.25, 0.3) is 12.2 Å². The van der Waals surface area contributed by atoms with Crippen molar-refractivity contribution in [2.75, 3.05) is 18.4 Å². The van der Waals surface area contributed by atoms with Gasteiger partial charge in [0.25, 0.3) is 0 Å². The molecule has 190 valence electrons. The molecule has 0 atom stereocenters. The van der Waals surface area contributed by atoms with Gasteiger partial charge in [-0.2, -0.15) is 4.31 Å². The fourth-order valence-corrected chi connectivity index (χ4v) is 5.94. The van der Waals surface area contributed by atoms with E-state index >= 15 is 0 Å². The second-order valence-corrected chi connectivity index (χ2v) is 10.9. The number of amides is 1. The standard InChI is InChI=1S/C25H24ClF2N3O4S/c1-15-3-6-19(26)13-22(15)29-25(32)18-9-11-31(12-10-18)36(33,34)24-16(2)30-35-23(24)8-5-17-4-7-20(27)14-21(17)28/h3-8,13-14,18H,9-12H2,1-2H3,(H,29,32)/b8-5+. The minimum Gasteiger partial charge on any atom is -0.355 e. The molecular formula is C25H24ClF2N3O4S. The van der Waals surface area contributed by atoms with Crippen LogP contribution < -0.4 is 5.32 Å². The van der Waals surface area contributed by atoms with Gasteiger partial charge >= 0.3 is 0 Å². The summed E-state index contributed by atoms with van der Waals surface area (Å²) in [7, 11) is -4.00. The highest BCUT2D eigenvalue weighted by molar-refractivity contribution is 7.89. The second-order valence-electron chi connectivity index (χ2n) is 8.59. The molecule has 2 heterocycles. The Hall–Kier alpha value is -3.08. The Labute approximate surface area is 212 Å². The van der Waals surface area contributed by atoms with Crippen LogP contribution in [0.2, 0.25) is 5.02 Å². The molecular weight excluding hydrogens is 512 g/mol. The summed E-state index contributed by atoms with van der Waals surface area (Å²) in [5.74, 6) is -2.13. The van der Waals surface area contributed by atoms with Gasteiger partial charge < -0.3 is 9.84 Å². The lowest BCUT2D eigenvalue weighted by Crippen LogP contribution is -2.41. The molecule has 3 aromatic rings. The molecule has 1 amide bonds. The van der Waals surface area contributed by atoms with Crippen molar-refractivity contribution in [2.24, 2.45) is 5.92 Å². The maximum atomic E-state index is 14.0. The topological polar surface area (TPSA) is 92.5 Å². The van der Waals surface area contributed by atoms with E-state index in [1.54, 1.807) is 12.1 Å². The third-order valence-electron chi connectivity index (χ3n) is 6.09. The molecule has 0 radical (unpaired) electrons. The number of sulfonamides is 1. The maximum Gasteiger partial charge on any atom is 0.248 e. The third-order valence-corrected chi connectivity index (χ3v) is 8.38. The van der Waals surface area contributed by atoms with Gasteiger partial charge in [0.2, 0.25) is 15.9 Å². The van der Waals surface area contributed by atoms with Crippen molar-refractivity contribution in [3.05, 3.63) is 75.6 Å². The Morgan fingerprint density at radius 1 is 1.14 bits per heavy atom. The van der Waals surface area contributed by atoms with Crippen LogP contribution in [0.15, 0.2) is 45.8 Å². The molecule has 0 aliphatic carbocycles. The maximum absolute atomic E-state index is 14.0. The summed E-state index contributed by atoms with van der Waals surface area (Å²) in [6, 6.07) is 8.29. The highest BCUT2D eigenvalue weighted by Gasteiger charge is 2.36. The number of aryl methyl sites for hydroxylation is 2. The SMILES string of the molecule is Cc1ccc(Cl)cc1NC(=O)C1CCN(S(=O)(=O)c2c(C)noc2/C=C/c2ccc(F)cc2F)CC1. The quantitative estimate of drug-likeness (QED) is 0.454. The normalized spacial score (nSPS) is 15.5. The van der Waals surface area contributed by atoms with Gasteiger partial charge in [0.05, 0.1) is 0 Å². The Morgan fingerprint density at radius 2 is 1.86 bits per heavy atom. The number of benzene rings is 2. The van der Waals surface area contributed by atoms with E-state index in [1.807, 2.05) is 13.0 Å². The molecule has 1 aliphatic heterocycles. The first-order chi connectivity index (χ1) is 17.1. The highest BCUT2D eigenvalue weighted by Crippen LogP contribution is 2.30. The second kappa shape index (κ2) is 10.5. The summed E-state index contributed by atoms with van der Waals surface area (Å²) in [4.78, 5) is 12.7. The fourth-order valence-electron chi connectivity index (χ4n) is 4.05. The van der Waals surface area contributed by atoms with Crippen molar-refractivity contribution in [3.63, 3.8) is 0 Å². The van der Waals surface area contributed by atoms with Crippen LogP contribution in [0.4, 0.5) is 14.5 Å². The Morgan fingerprint density at radius 3 is 2.56 bits per heavy atom. The molecule has 0 spiro atoms. The van der Waals surface area contributed by atoms with Gasteiger partial charge in [0.1, 0.15) is 17.3 Å². The van der Waals surface area contributed by atoms with Crippen LogP contribution in [-0.4, -0.2) is 36.9 Å². The number of carbonyl (C=O) groups is 1. The molecule has 1 aliphatic rings. The number of nitrogens with zero attached hydrogens (tertiary/aromatic N) is 2. The van der Waals surface area contributed by atoms with E-state index < -0.39 is 21.7 Å².